The molecule has 1 amide bonds. The Hall–Kier alpha value is -2.53. The molecule has 0 radical (unpaired) electrons. The number of nitrogens with one attached hydrogen (secondary N) is 1. The summed E-state index contributed by atoms with van der Waals surface area (Å²) in [6.45, 7) is 0. The van der Waals surface area contributed by atoms with Crippen molar-refractivity contribution < 1.29 is 4.79 Å². The van der Waals surface area contributed by atoms with Crippen LogP contribution in [0.25, 0.3) is 10.8 Å². The van der Waals surface area contributed by atoms with Crippen molar-refractivity contribution >= 4 is 34.1 Å². The molecule has 20 heavy (non-hydrogen) atoms. The highest BCUT2D eigenvalue weighted by atomic mass is 35.5. The zero-order valence-corrected chi connectivity index (χ0v) is 11.0. The van der Waals surface area contributed by atoms with Crippen LogP contribution in [0.4, 0.5) is 5.82 Å². The van der Waals surface area contributed by atoms with Crippen molar-refractivity contribution in [3.63, 3.8) is 0 Å². The normalized spacial score (nSPS) is 10.4. The van der Waals surface area contributed by atoms with E-state index in [-0.39, 0.29) is 11.1 Å². The van der Waals surface area contributed by atoms with Crippen molar-refractivity contribution in [1.82, 2.24) is 15.0 Å². The number of hydrogen-bond acceptors (Lipinski definition) is 4. The van der Waals surface area contributed by atoms with Gasteiger partial charge in [0.05, 0.1) is 12.4 Å². The second-order valence-electron chi connectivity index (χ2n) is 4.06. The fourth-order valence-electron chi connectivity index (χ4n) is 1.85. The molecule has 2 aromatic heterocycles. The summed E-state index contributed by atoms with van der Waals surface area (Å²) in [6.07, 6.45) is 4.36. The number of rotatable bonds is 2. The Labute approximate surface area is 119 Å². The molecule has 0 spiro atoms. The van der Waals surface area contributed by atoms with E-state index in [4.69, 9.17) is 11.6 Å². The van der Waals surface area contributed by atoms with Gasteiger partial charge in [0.2, 0.25) is 0 Å². The zero-order chi connectivity index (χ0) is 13.9. The highest BCUT2D eigenvalue weighted by molar-refractivity contribution is 6.29. The summed E-state index contributed by atoms with van der Waals surface area (Å²) in [5.41, 5.74) is 0.347. The summed E-state index contributed by atoms with van der Waals surface area (Å²) >= 11 is 5.64. The summed E-state index contributed by atoms with van der Waals surface area (Å²) in [6, 6.07) is 9.41. The molecule has 0 unspecified atom stereocenters. The minimum atomic E-state index is -0.335. The van der Waals surface area contributed by atoms with Crippen molar-refractivity contribution in [2.45, 2.75) is 0 Å². The fraction of sp³-hybridized carbons (Fsp3) is 0. The smallest absolute Gasteiger partial charge is 0.276 e. The molecule has 0 atom stereocenters. The van der Waals surface area contributed by atoms with E-state index < -0.39 is 0 Å². The van der Waals surface area contributed by atoms with E-state index in [1.54, 1.807) is 6.20 Å². The number of carbonyl (C=O) groups is 1. The van der Waals surface area contributed by atoms with Crippen molar-refractivity contribution in [2.24, 2.45) is 0 Å². The third-order valence-corrected chi connectivity index (χ3v) is 2.95. The molecule has 0 aliphatic heterocycles. The first-order valence-electron chi connectivity index (χ1n) is 5.87. The molecule has 0 aliphatic carbocycles. The Balaban J connectivity index is 1.94. The molecule has 3 rings (SSSR count). The molecule has 0 bridgehead atoms. The average molecular weight is 285 g/mol. The molecule has 1 N–H and O–H groups in total. The number of pyridine rings is 1. The number of nitrogens with zero attached hydrogens (tertiary/aromatic N) is 3. The van der Waals surface area contributed by atoms with E-state index in [1.807, 2.05) is 30.3 Å². The number of hydrogen-bond donors (Lipinski definition) is 1. The summed E-state index contributed by atoms with van der Waals surface area (Å²) in [5, 5.41) is 4.65. The standard InChI is InChI=1S/C14H9ClN4O/c15-11-7-18-12(8-17-11)19-14(20)13-10-4-2-1-3-9(10)5-6-16-13/h1-8H,(H,18,19,20). The summed E-state index contributed by atoms with van der Waals surface area (Å²) in [7, 11) is 0. The van der Waals surface area contributed by atoms with Crippen LogP contribution in [0.3, 0.4) is 0 Å². The Morgan fingerprint density at radius 3 is 2.70 bits per heavy atom. The molecule has 5 nitrogen and oxygen atoms in total. The number of anilines is 1. The number of carbonyl (C=O) groups excluding carboxylic acids is 1. The van der Waals surface area contributed by atoms with E-state index in [1.165, 1.54) is 12.4 Å². The molecule has 1 aromatic carbocycles. The van der Waals surface area contributed by atoms with Crippen LogP contribution in [0, 0.1) is 0 Å². The number of amides is 1. The second-order valence-corrected chi connectivity index (χ2v) is 4.45. The fourth-order valence-corrected chi connectivity index (χ4v) is 1.95. The van der Waals surface area contributed by atoms with Crippen LogP contribution < -0.4 is 5.32 Å². The van der Waals surface area contributed by atoms with Gasteiger partial charge in [0.1, 0.15) is 10.8 Å². The van der Waals surface area contributed by atoms with Gasteiger partial charge in [-0.2, -0.15) is 0 Å². The molecule has 2 heterocycles. The first-order chi connectivity index (χ1) is 9.74. The molecule has 0 fully saturated rings. The van der Waals surface area contributed by atoms with Crippen LogP contribution in [-0.4, -0.2) is 20.9 Å². The predicted molar refractivity (Wildman–Crippen MR) is 76.7 cm³/mol. The van der Waals surface area contributed by atoms with Gasteiger partial charge in [0.25, 0.3) is 5.91 Å². The van der Waals surface area contributed by atoms with E-state index in [9.17, 15) is 4.79 Å². The van der Waals surface area contributed by atoms with Crippen molar-refractivity contribution in [3.8, 4) is 0 Å². The minimum Gasteiger partial charge on any atom is -0.304 e. The first kappa shape index (κ1) is 12.5. The third kappa shape index (κ3) is 2.44. The van der Waals surface area contributed by atoms with Crippen LogP contribution in [0.15, 0.2) is 48.9 Å². The van der Waals surface area contributed by atoms with Crippen LogP contribution in [0.2, 0.25) is 5.15 Å². The molecule has 98 valence electrons. The van der Waals surface area contributed by atoms with Gasteiger partial charge < -0.3 is 5.32 Å². The quantitative estimate of drug-likeness (QED) is 0.785. The summed E-state index contributed by atoms with van der Waals surface area (Å²) < 4.78 is 0. The van der Waals surface area contributed by atoms with Gasteiger partial charge in [-0.05, 0) is 11.5 Å². The first-order valence-corrected chi connectivity index (χ1v) is 6.24. The van der Waals surface area contributed by atoms with Gasteiger partial charge in [-0.3, -0.25) is 9.78 Å². The van der Waals surface area contributed by atoms with Gasteiger partial charge >= 0.3 is 0 Å². The number of fused-ring (bicyclic) bond motifs is 1. The minimum absolute atomic E-state index is 0.270. The lowest BCUT2D eigenvalue weighted by molar-refractivity contribution is 0.102. The van der Waals surface area contributed by atoms with Gasteiger partial charge in [0.15, 0.2) is 5.82 Å². The maximum Gasteiger partial charge on any atom is 0.276 e. The van der Waals surface area contributed by atoms with E-state index in [0.717, 1.165) is 10.8 Å². The van der Waals surface area contributed by atoms with Gasteiger partial charge in [-0.25, -0.2) is 9.97 Å². The Bertz CT molecular complexity index is 768. The van der Waals surface area contributed by atoms with Crippen LogP contribution in [0.1, 0.15) is 10.5 Å². The molecule has 0 saturated carbocycles. The van der Waals surface area contributed by atoms with E-state index in [0.29, 0.717) is 11.5 Å². The third-order valence-electron chi connectivity index (χ3n) is 2.75. The predicted octanol–water partition coefficient (Wildman–Crippen LogP) is 2.93. The molecular formula is C14H9ClN4O. The Morgan fingerprint density at radius 2 is 1.90 bits per heavy atom. The lowest BCUT2D eigenvalue weighted by atomic mass is 10.1. The van der Waals surface area contributed by atoms with Gasteiger partial charge in [0, 0.05) is 11.6 Å². The van der Waals surface area contributed by atoms with Crippen LogP contribution in [-0.2, 0) is 0 Å². The van der Waals surface area contributed by atoms with E-state index in [2.05, 4.69) is 20.3 Å². The summed E-state index contributed by atoms with van der Waals surface area (Å²) in [4.78, 5) is 24.2. The van der Waals surface area contributed by atoms with Crippen LogP contribution >= 0.6 is 11.6 Å². The molecule has 3 aromatic rings. The van der Waals surface area contributed by atoms with Gasteiger partial charge in [-0.1, -0.05) is 35.9 Å². The Morgan fingerprint density at radius 1 is 1.05 bits per heavy atom. The Kier molecular flexibility index (Phi) is 3.26. The maximum atomic E-state index is 12.2. The van der Waals surface area contributed by atoms with Crippen LogP contribution in [0.5, 0.6) is 0 Å². The average Bonchev–Trinajstić information content (AvgIpc) is 2.49. The highest BCUT2D eigenvalue weighted by Crippen LogP contribution is 2.17. The van der Waals surface area contributed by atoms with Crippen molar-refractivity contribution in [3.05, 3.63) is 59.8 Å². The maximum absolute atomic E-state index is 12.2. The lowest BCUT2D eigenvalue weighted by Gasteiger charge is -2.06. The van der Waals surface area contributed by atoms with E-state index >= 15 is 0 Å². The molecule has 0 aliphatic rings. The second kappa shape index (κ2) is 5.22. The number of halogens is 1. The summed E-state index contributed by atoms with van der Waals surface area (Å²) in [5.74, 6) is -0.00689. The largest absolute Gasteiger partial charge is 0.304 e. The lowest BCUT2D eigenvalue weighted by Crippen LogP contribution is -2.15. The van der Waals surface area contributed by atoms with Gasteiger partial charge in [-0.15, -0.1) is 0 Å². The van der Waals surface area contributed by atoms with Crippen molar-refractivity contribution in [2.75, 3.05) is 5.32 Å². The SMILES string of the molecule is O=C(Nc1cnc(Cl)cn1)c1nccc2ccccc12. The number of benzene rings is 1. The molecular weight excluding hydrogens is 276 g/mol. The molecule has 0 saturated heterocycles. The molecule has 6 heteroatoms. The highest BCUT2D eigenvalue weighted by Gasteiger charge is 2.12. The van der Waals surface area contributed by atoms with Crippen molar-refractivity contribution in [1.29, 1.82) is 0 Å². The zero-order valence-electron chi connectivity index (χ0n) is 10.2. The monoisotopic (exact) mass is 284 g/mol. The topological polar surface area (TPSA) is 67.8 Å². The number of aromatic nitrogens is 3.